The van der Waals surface area contributed by atoms with Gasteiger partial charge in [-0.1, -0.05) is 12.2 Å². The molecule has 0 aromatic rings. The highest BCUT2D eigenvalue weighted by atomic mass is 16.5. The number of hydrogen-bond acceptors (Lipinski definition) is 3. The summed E-state index contributed by atoms with van der Waals surface area (Å²) < 4.78 is 5.23. The standard InChI is InChI=1S/C12H18O4/c13-7-11-9-16-8-10(11)5-3-1-2-4-6-12(14)15/h1,3,7,10-11H,2,4-6,8-9H2,(H,14,15)/b3-1-/t10-,11-/m0/s1. The van der Waals surface area contributed by atoms with E-state index in [1.807, 2.05) is 12.2 Å². The van der Waals surface area contributed by atoms with Crippen molar-refractivity contribution in [1.29, 1.82) is 0 Å². The van der Waals surface area contributed by atoms with Crippen LogP contribution in [0.5, 0.6) is 0 Å². The minimum absolute atomic E-state index is 0.0312. The van der Waals surface area contributed by atoms with E-state index in [2.05, 4.69) is 0 Å². The van der Waals surface area contributed by atoms with Crippen LogP contribution in [0.4, 0.5) is 0 Å². The molecular formula is C12H18O4. The van der Waals surface area contributed by atoms with E-state index in [0.29, 0.717) is 25.6 Å². The van der Waals surface area contributed by atoms with Gasteiger partial charge >= 0.3 is 5.97 Å². The maximum atomic E-state index is 10.7. The largest absolute Gasteiger partial charge is 0.481 e. The predicted molar refractivity (Wildman–Crippen MR) is 59.1 cm³/mol. The number of aliphatic carboxylic acids is 1. The summed E-state index contributed by atoms with van der Waals surface area (Å²) in [5.41, 5.74) is 0. The van der Waals surface area contributed by atoms with Crippen LogP contribution >= 0.6 is 0 Å². The normalized spacial score (nSPS) is 25.0. The Morgan fingerprint density at radius 2 is 2.19 bits per heavy atom. The molecule has 1 heterocycles. The Labute approximate surface area is 95.3 Å². The summed E-state index contributed by atoms with van der Waals surface area (Å²) in [6, 6.07) is 0. The summed E-state index contributed by atoms with van der Waals surface area (Å²) >= 11 is 0. The van der Waals surface area contributed by atoms with Crippen molar-refractivity contribution in [3.63, 3.8) is 0 Å². The van der Waals surface area contributed by atoms with Gasteiger partial charge in [-0.15, -0.1) is 0 Å². The van der Waals surface area contributed by atoms with Crippen LogP contribution in [0.15, 0.2) is 12.2 Å². The molecule has 0 saturated carbocycles. The van der Waals surface area contributed by atoms with E-state index < -0.39 is 5.97 Å². The van der Waals surface area contributed by atoms with Gasteiger partial charge in [-0.2, -0.15) is 0 Å². The fourth-order valence-corrected chi connectivity index (χ4v) is 1.77. The van der Waals surface area contributed by atoms with Crippen molar-refractivity contribution < 1.29 is 19.4 Å². The Morgan fingerprint density at radius 3 is 2.88 bits per heavy atom. The lowest BCUT2D eigenvalue weighted by Gasteiger charge is -2.07. The molecule has 1 aliphatic rings. The third-order valence-corrected chi connectivity index (χ3v) is 2.79. The van der Waals surface area contributed by atoms with Crippen molar-refractivity contribution in [1.82, 2.24) is 0 Å². The monoisotopic (exact) mass is 226 g/mol. The van der Waals surface area contributed by atoms with Crippen LogP contribution in [0, 0.1) is 11.8 Å². The first-order valence-electron chi connectivity index (χ1n) is 5.64. The SMILES string of the molecule is O=C[C@H]1COC[C@@H]1C/C=C\CCCC(=O)O. The first kappa shape index (κ1) is 12.9. The Hall–Kier alpha value is -1.16. The molecule has 0 aromatic carbocycles. The lowest BCUT2D eigenvalue weighted by molar-refractivity contribution is -0.137. The second-order valence-corrected chi connectivity index (χ2v) is 4.09. The highest BCUT2D eigenvalue weighted by Crippen LogP contribution is 2.22. The number of carboxylic acid groups (broad SMARTS) is 1. The van der Waals surface area contributed by atoms with Gasteiger partial charge in [-0.3, -0.25) is 4.79 Å². The van der Waals surface area contributed by atoms with E-state index in [9.17, 15) is 9.59 Å². The first-order chi connectivity index (χ1) is 7.74. The van der Waals surface area contributed by atoms with Crippen molar-refractivity contribution in [2.24, 2.45) is 11.8 Å². The zero-order valence-corrected chi connectivity index (χ0v) is 9.30. The van der Waals surface area contributed by atoms with Crippen LogP contribution in [-0.4, -0.2) is 30.6 Å². The number of rotatable bonds is 7. The van der Waals surface area contributed by atoms with E-state index in [1.54, 1.807) is 0 Å². The lowest BCUT2D eigenvalue weighted by atomic mass is 9.94. The minimum Gasteiger partial charge on any atom is -0.481 e. The van der Waals surface area contributed by atoms with Crippen LogP contribution in [0.3, 0.4) is 0 Å². The summed E-state index contributed by atoms with van der Waals surface area (Å²) in [5.74, 6) is -0.421. The average Bonchev–Trinajstić information content (AvgIpc) is 2.70. The third kappa shape index (κ3) is 4.57. The molecule has 0 bridgehead atoms. The van der Waals surface area contributed by atoms with E-state index in [4.69, 9.17) is 9.84 Å². The maximum Gasteiger partial charge on any atom is 0.303 e. The summed E-state index contributed by atoms with van der Waals surface area (Å²) in [6.45, 7) is 1.20. The van der Waals surface area contributed by atoms with Gasteiger partial charge in [0.05, 0.1) is 13.2 Å². The molecule has 1 saturated heterocycles. The van der Waals surface area contributed by atoms with E-state index in [-0.39, 0.29) is 12.3 Å². The molecule has 0 unspecified atom stereocenters. The molecule has 4 heteroatoms. The van der Waals surface area contributed by atoms with Crippen LogP contribution < -0.4 is 0 Å². The molecule has 4 nitrogen and oxygen atoms in total. The highest BCUT2D eigenvalue weighted by molar-refractivity contribution is 5.66. The summed E-state index contributed by atoms with van der Waals surface area (Å²) in [5, 5.41) is 8.43. The van der Waals surface area contributed by atoms with Crippen molar-refractivity contribution in [3.05, 3.63) is 12.2 Å². The first-order valence-corrected chi connectivity index (χ1v) is 5.64. The molecule has 1 N–H and O–H groups in total. The van der Waals surface area contributed by atoms with Crippen LogP contribution in [0.25, 0.3) is 0 Å². The predicted octanol–water partition coefficient (Wildman–Crippen LogP) is 1.65. The lowest BCUT2D eigenvalue weighted by Crippen LogP contribution is -2.12. The second-order valence-electron chi connectivity index (χ2n) is 4.09. The van der Waals surface area contributed by atoms with Crippen LogP contribution in [0.1, 0.15) is 25.7 Å². The van der Waals surface area contributed by atoms with E-state index >= 15 is 0 Å². The van der Waals surface area contributed by atoms with Gasteiger partial charge in [0.1, 0.15) is 6.29 Å². The Bertz CT molecular complexity index is 260. The van der Waals surface area contributed by atoms with Crippen LogP contribution in [0.2, 0.25) is 0 Å². The molecule has 1 rings (SSSR count). The average molecular weight is 226 g/mol. The summed E-state index contributed by atoms with van der Waals surface area (Å²) in [4.78, 5) is 20.9. The van der Waals surface area contributed by atoms with Gasteiger partial charge < -0.3 is 14.6 Å². The number of unbranched alkanes of at least 4 members (excludes halogenated alkanes) is 1. The smallest absolute Gasteiger partial charge is 0.303 e. The van der Waals surface area contributed by atoms with Gasteiger partial charge in [0.25, 0.3) is 0 Å². The Balaban J connectivity index is 2.11. The summed E-state index contributed by atoms with van der Waals surface area (Å²) in [7, 11) is 0. The van der Waals surface area contributed by atoms with Crippen molar-refractivity contribution in [2.75, 3.05) is 13.2 Å². The number of ether oxygens (including phenoxy) is 1. The van der Waals surface area contributed by atoms with Crippen molar-refractivity contribution in [3.8, 4) is 0 Å². The second kappa shape index (κ2) is 7.17. The zero-order chi connectivity index (χ0) is 11.8. The molecule has 0 aromatic heterocycles. The van der Waals surface area contributed by atoms with E-state index in [0.717, 1.165) is 19.1 Å². The highest BCUT2D eigenvalue weighted by Gasteiger charge is 2.26. The molecule has 0 spiro atoms. The molecule has 16 heavy (non-hydrogen) atoms. The Kier molecular flexibility index (Phi) is 5.78. The van der Waals surface area contributed by atoms with Gasteiger partial charge in [0, 0.05) is 12.3 Å². The van der Waals surface area contributed by atoms with Crippen LogP contribution in [-0.2, 0) is 14.3 Å². The number of carbonyl (C=O) groups is 2. The minimum atomic E-state index is -0.751. The number of aldehydes is 1. The quantitative estimate of drug-likeness (QED) is 0.407. The van der Waals surface area contributed by atoms with Crippen molar-refractivity contribution >= 4 is 12.3 Å². The fraction of sp³-hybridized carbons (Fsp3) is 0.667. The third-order valence-electron chi connectivity index (χ3n) is 2.79. The molecule has 0 radical (unpaired) electrons. The molecule has 0 amide bonds. The molecule has 90 valence electrons. The zero-order valence-electron chi connectivity index (χ0n) is 9.30. The molecule has 1 fully saturated rings. The topological polar surface area (TPSA) is 63.6 Å². The van der Waals surface area contributed by atoms with E-state index in [1.165, 1.54) is 0 Å². The van der Waals surface area contributed by atoms with Gasteiger partial charge in [-0.25, -0.2) is 0 Å². The molecule has 0 aliphatic carbocycles. The number of hydrogen-bond donors (Lipinski definition) is 1. The van der Waals surface area contributed by atoms with Gasteiger partial charge in [0.15, 0.2) is 0 Å². The number of carbonyl (C=O) groups excluding carboxylic acids is 1. The molecule has 1 aliphatic heterocycles. The molecule has 2 atom stereocenters. The summed E-state index contributed by atoms with van der Waals surface area (Å²) in [6.07, 6.45) is 7.50. The number of carboxylic acids is 1. The Morgan fingerprint density at radius 1 is 1.38 bits per heavy atom. The number of allylic oxidation sites excluding steroid dienone is 2. The maximum absolute atomic E-state index is 10.7. The fourth-order valence-electron chi connectivity index (χ4n) is 1.77. The molecular weight excluding hydrogens is 208 g/mol. The van der Waals surface area contributed by atoms with Gasteiger partial charge in [-0.05, 0) is 25.2 Å². The van der Waals surface area contributed by atoms with Gasteiger partial charge in [0.2, 0.25) is 0 Å². The van der Waals surface area contributed by atoms with Crippen molar-refractivity contribution in [2.45, 2.75) is 25.7 Å².